The van der Waals surface area contributed by atoms with Gasteiger partial charge in [0.25, 0.3) is 5.91 Å². The van der Waals surface area contributed by atoms with E-state index in [0.717, 1.165) is 56.4 Å². The number of carbonyl (C=O) groups excluding carboxylic acids is 4. The van der Waals surface area contributed by atoms with E-state index < -0.39 is 6.03 Å². The third-order valence-electron chi connectivity index (χ3n) is 8.48. The second-order valence-electron chi connectivity index (χ2n) is 11.5. The number of carbonyl (C=O) groups is 4. The monoisotopic (exact) mass is 575 g/mol. The van der Waals surface area contributed by atoms with Crippen LogP contribution in [0.3, 0.4) is 0 Å². The molecule has 2 aliphatic heterocycles. The lowest BCUT2D eigenvalue weighted by Gasteiger charge is -2.34. The van der Waals surface area contributed by atoms with Gasteiger partial charge in [-0.25, -0.2) is 4.79 Å². The van der Waals surface area contributed by atoms with Gasteiger partial charge in [0.1, 0.15) is 5.75 Å². The van der Waals surface area contributed by atoms with Crippen molar-refractivity contribution in [3.63, 3.8) is 0 Å². The molecular formula is C32H41N5O5. The highest BCUT2D eigenvalue weighted by Gasteiger charge is 2.26. The number of benzene rings is 2. The van der Waals surface area contributed by atoms with Gasteiger partial charge in [-0.1, -0.05) is 49.6 Å². The molecule has 0 bridgehead atoms. The Kier molecular flexibility index (Phi) is 9.74. The molecule has 0 radical (unpaired) electrons. The minimum absolute atomic E-state index is 0.0716. The number of nitrogens with one attached hydrogen (secondary N) is 2. The lowest BCUT2D eigenvalue weighted by molar-refractivity contribution is -0.135. The second kappa shape index (κ2) is 13.8. The summed E-state index contributed by atoms with van der Waals surface area (Å²) in [6, 6.07) is 13.3. The van der Waals surface area contributed by atoms with E-state index in [9.17, 15) is 19.2 Å². The van der Waals surface area contributed by atoms with Crippen LogP contribution in [0, 0.1) is 12.8 Å². The highest BCUT2D eigenvalue weighted by atomic mass is 16.5. The third-order valence-corrected chi connectivity index (χ3v) is 8.48. The molecule has 0 aromatic heterocycles. The Morgan fingerprint density at radius 2 is 1.64 bits per heavy atom. The van der Waals surface area contributed by atoms with Crippen molar-refractivity contribution in [2.45, 2.75) is 58.5 Å². The molecule has 2 aromatic carbocycles. The number of rotatable bonds is 9. The van der Waals surface area contributed by atoms with Gasteiger partial charge in [0, 0.05) is 64.2 Å². The average molecular weight is 576 g/mol. The number of urea groups is 1. The van der Waals surface area contributed by atoms with Gasteiger partial charge in [0.2, 0.25) is 11.8 Å². The van der Waals surface area contributed by atoms with Crippen LogP contribution in [0.5, 0.6) is 5.75 Å². The molecule has 10 nitrogen and oxygen atoms in total. The molecule has 2 aromatic rings. The minimum atomic E-state index is -0.449. The van der Waals surface area contributed by atoms with E-state index in [1.807, 2.05) is 17.9 Å². The highest BCUT2D eigenvalue weighted by molar-refractivity contribution is 6.06. The van der Waals surface area contributed by atoms with Gasteiger partial charge < -0.3 is 15.0 Å². The molecular weight excluding hydrogens is 534 g/mol. The Hall–Kier alpha value is -3.92. The first-order chi connectivity index (χ1) is 20.4. The molecule has 1 aliphatic carbocycles. The fraction of sp³-hybridized carbons (Fsp3) is 0.500. The zero-order valence-corrected chi connectivity index (χ0v) is 24.4. The largest absolute Gasteiger partial charge is 0.484 e. The fourth-order valence-corrected chi connectivity index (χ4v) is 5.87. The molecule has 0 spiro atoms. The van der Waals surface area contributed by atoms with Crippen molar-refractivity contribution >= 4 is 29.4 Å². The summed E-state index contributed by atoms with van der Waals surface area (Å²) in [5, 5.41) is 5.44. The predicted molar refractivity (Wildman–Crippen MR) is 159 cm³/mol. The summed E-state index contributed by atoms with van der Waals surface area (Å²) in [6.07, 6.45) is 5.82. The van der Waals surface area contributed by atoms with Crippen molar-refractivity contribution in [2.75, 3.05) is 44.2 Å². The summed E-state index contributed by atoms with van der Waals surface area (Å²) in [5.41, 5.74) is 3.86. The van der Waals surface area contributed by atoms with Crippen LogP contribution in [0.1, 0.15) is 55.2 Å². The zero-order valence-electron chi connectivity index (χ0n) is 24.4. The number of hydrogen-bond donors (Lipinski definition) is 2. The van der Waals surface area contributed by atoms with Crippen LogP contribution in [0.15, 0.2) is 42.5 Å². The number of hydrogen-bond acceptors (Lipinski definition) is 6. The Labute approximate surface area is 247 Å². The van der Waals surface area contributed by atoms with Gasteiger partial charge >= 0.3 is 6.03 Å². The van der Waals surface area contributed by atoms with Crippen molar-refractivity contribution < 1.29 is 23.9 Å². The van der Waals surface area contributed by atoms with Crippen molar-refractivity contribution in [1.82, 2.24) is 20.4 Å². The van der Waals surface area contributed by atoms with Crippen molar-refractivity contribution in [1.29, 1.82) is 0 Å². The Bertz CT molecular complexity index is 1280. The molecule has 5 amide bonds. The zero-order chi connectivity index (χ0) is 29.5. The van der Waals surface area contributed by atoms with Crippen LogP contribution >= 0.6 is 0 Å². The number of nitrogens with zero attached hydrogens (tertiary/aromatic N) is 3. The Balaban J connectivity index is 1.04. The molecule has 224 valence electrons. The molecule has 2 heterocycles. The second-order valence-corrected chi connectivity index (χ2v) is 11.5. The molecule has 0 unspecified atom stereocenters. The number of amides is 5. The number of imide groups is 1. The average Bonchev–Trinajstić information content (AvgIpc) is 3.01. The molecule has 3 fully saturated rings. The first kappa shape index (κ1) is 29.6. The molecule has 42 heavy (non-hydrogen) atoms. The molecule has 1 saturated carbocycles. The summed E-state index contributed by atoms with van der Waals surface area (Å²) in [4.78, 5) is 54.7. The Morgan fingerprint density at radius 3 is 2.36 bits per heavy atom. The molecule has 2 N–H and O–H groups in total. The van der Waals surface area contributed by atoms with Gasteiger partial charge in [-0.05, 0) is 42.5 Å². The maximum absolute atomic E-state index is 12.9. The maximum atomic E-state index is 12.9. The number of ether oxygens (including phenoxy) is 1. The van der Waals surface area contributed by atoms with E-state index in [1.54, 1.807) is 12.1 Å². The third kappa shape index (κ3) is 7.67. The van der Waals surface area contributed by atoms with Gasteiger partial charge in [-0.3, -0.25) is 29.5 Å². The normalized spacial score (nSPS) is 18.5. The summed E-state index contributed by atoms with van der Waals surface area (Å²) >= 11 is 0. The van der Waals surface area contributed by atoms with E-state index >= 15 is 0 Å². The molecule has 3 aliphatic rings. The van der Waals surface area contributed by atoms with Crippen molar-refractivity contribution in [3.05, 3.63) is 59.2 Å². The van der Waals surface area contributed by atoms with Crippen LogP contribution in [-0.2, 0) is 27.5 Å². The minimum Gasteiger partial charge on any atom is -0.484 e. The number of anilines is 1. The van der Waals surface area contributed by atoms with E-state index in [1.165, 1.54) is 16.9 Å². The van der Waals surface area contributed by atoms with Gasteiger partial charge in [-0.15, -0.1) is 0 Å². The fourth-order valence-electron chi connectivity index (χ4n) is 5.87. The van der Waals surface area contributed by atoms with Crippen molar-refractivity contribution in [2.24, 2.45) is 5.92 Å². The summed E-state index contributed by atoms with van der Waals surface area (Å²) in [6.45, 7) is 6.33. The smallest absolute Gasteiger partial charge is 0.328 e. The first-order valence-electron chi connectivity index (χ1n) is 15.1. The topological polar surface area (TPSA) is 111 Å². The standard InChI is InChI=1S/C32H41N5O5/c1-23-7-12-27(19-28(23)37-14-13-29(38)34-32(37)41)42-22-30(39)36-17-15-35(16-18-36)21-25-10-8-24(9-11-25)20-33-31(40)26-5-3-2-4-6-26/h7-12,19,26H,2-6,13-18,20-22H2,1H3,(H,33,40)(H,34,38,41). The van der Waals surface area contributed by atoms with Crippen LogP contribution in [0.25, 0.3) is 0 Å². The highest BCUT2D eigenvalue weighted by Crippen LogP contribution is 2.27. The maximum Gasteiger partial charge on any atom is 0.328 e. The lowest BCUT2D eigenvalue weighted by Crippen LogP contribution is -2.50. The van der Waals surface area contributed by atoms with Gasteiger partial charge in [0.15, 0.2) is 6.61 Å². The lowest BCUT2D eigenvalue weighted by atomic mass is 9.88. The van der Waals surface area contributed by atoms with Gasteiger partial charge in [0.05, 0.1) is 5.69 Å². The van der Waals surface area contributed by atoms with Crippen molar-refractivity contribution in [3.8, 4) is 5.75 Å². The number of piperazine rings is 1. The van der Waals surface area contributed by atoms with Crippen LogP contribution in [0.2, 0.25) is 0 Å². The quantitative estimate of drug-likeness (QED) is 0.475. The van der Waals surface area contributed by atoms with E-state index in [-0.39, 0.29) is 36.7 Å². The summed E-state index contributed by atoms with van der Waals surface area (Å²) in [7, 11) is 0. The number of aryl methyl sites for hydroxylation is 1. The molecule has 0 atom stereocenters. The molecule has 2 saturated heterocycles. The molecule has 10 heteroatoms. The van der Waals surface area contributed by atoms with Crippen LogP contribution in [0.4, 0.5) is 10.5 Å². The van der Waals surface area contributed by atoms with Gasteiger partial charge in [-0.2, -0.15) is 0 Å². The summed E-state index contributed by atoms with van der Waals surface area (Å²) < 4.78 is 5.81. The predicted octanol–water partition coefficient (Wildman–Crippen LogP) is 3.36. The van der Waals surface area contributed by atoms with E-state index in [4.69, 9.17) is 4.74 Å². The Morgan fingerprint density at radius 1 is 0.929 bits per heavy atom. The van der Waals surface area contributed by atoms with Crippen LogP contribution < -0.4 is 20.3 Å². The summed E-state index contributed by atoms with van der Waals surface area (Å²) in [5.74, 6) is 0.512. The SMILES string of the molecule is Cc1ccc(OCC(=O)N2CCN(Cc3ccc(CNC(=O)C4CCCCC4)cc3)CC2)cc1N1CCC(=O)NC1=O. The van der Waals surface area contributed by atoms with E-state index in [0.29, 0.717) is 37.6 Å². The molecule has 5 rings (SSSR count). The first-order valence-corrected chi connectivity index (χ1v) is 15.1. The van der Waals surface area contributed by atoms with Crippen LogP contribution in [-0.4, -0.2) is 72.9 Å². The van der Waals surface area contributed by atoms with E-state index in [2.05, 4.69) is 39.8 Å².